The van der Waals surface area contributed by atoms with E-state index in [1.807, 2.05) is 0 Å². The molecule has 112 valence electrons. The molecule has 4 unspecified atom stereocenters. The monoisotopic (exact) mass is 290 g/mol. The highest BCUT2D eigenvalue weighted by Gasteiger charge is 2.42. The summed E-state index contributed by atoms with van der Waals surface area (Å²) in [5.74, 6) is 0.599. The summed E-state index contributed by atoms with van der Waals surface area (Å²) in [7, 11) is -3.05. The summed E-state index contributed by atoms with van der Waals surface area (Å²) in [6.07, 6.45) is 1.41. The fourth-order valence-corrected chi connectivity index (χ4v) is 5.30. The van der Waals surface area contributed by atoms with Crippen LogP contribution < -0.4 is 5.32 Å². The molecular formula is C13H26N2O3S. The van der Waals surface area contributed by atoms with Crippen molar-refractivity contribution in [2.45, 2.75) is 44.9 Å². The molecule has 0 aromatic heterocycles. The van der Waals surface area contributed by atoms with Crippen molar-refractivity contribution in [2.75, 3.05) is 31.1 Å². The van der Waals surface area contributed by atoms with Crippen LogP contribution in [0.25, 0.3) is 0 Å². The van der Waals surface area contributed by atoms with E-state index in [0.717, 1.165) is 32.5 Å². The minimum atomic E-state index is -3.05. The van der Waals surface area contributed by atoms with Gasteiger partial charge in [0.1, 0.15) is 0 Å². The van der Waals surface area contributed by atoms with Crippen molar-refractivity contribution in [2.24, 2.45) is 5.92 Å². The van der Waals surface area contributed by atoms with Crippen LogP contribution in [0.15, 0.2) is 0 Å². The van der Waals surface area contributed by atoms with Gasteiger partial charge in [0.15, 0.2) is 9.84 Å². The topological polar surface area (TPSA) is 69.6 Å². The molecule has 2 aliphatic heterocycles. The SMILES string of the molecule is CCNC1CCN(C2CS(=O)(=O)CC2O)CC1CC. The molecule has 4 atom stereocenters. The molecule has 0 spiro atoms. The predicted octanol–water partition coefficient (Wildman–Crippen LogP) is -0.146. The first-order valence-electron chi connectivity index (χ1n) is 7.32. The second kappa shape index (κ2) is 6.08. The maximum atomic E-state index is 11.6. The molecule has 0 aliphatic carbocycles. The maximum absolute atomic E-state index is 11.6. The zero-order valence-electron chi connectivity index (χ0n) is 11.9. The third kappa shape index (κ3) is 3.48. The zero-order valence-corrected chi connectivity index (χ0v) is 12.7. The molecule has 2 rings (SSSR count). The van der Waals surface area contributed by atoms with Crippen molar-refractivity contribution in [1.29, 1.82) is 0 Å². The number of nitrogens with zero attached hydrogens (tertiary/aromatic N) is 1. The van der Waals surface area contributed by atoms with Crippen LogP contribution in [-0.4, -0.2) is 67.8 Å². The lowest BCUT2D eigenvalue weighted by molar-refractivity contribution is 0.0411. The van der Waals surface area contributed by atoms with Crippen molar-refractivity contribution < 1.29 is 13.5 Å². The van der Waals surface area contributed by atoms with Gasteiger partial charge >= 0.3 is 0 Å². The Balaban J connectivity index is 2.00. The summed E-state index contributed by atoms with van der Waals surface area (Å²) >= 11 is 0. The first-order chi connectivity index (χ1) is 8.96. The van der Waals surface area contributed by atoms with E-state index in [1.165, 1.54) is 0 Å². The molecule has 0 amide bonds. The first kappa shape index (κ1) is 15.2. The Kier molecular flexibility index (Phi) is 4.87. The van der Waals surface area contributed by atoms with Crippen molar-refractivity contribution in [1.82, 2.24) is 10.2 Å². The van der Waals surface area contributed by atoms with E-state index < -0.39 is 15.9 Å². The second-order valence-electron chi connectivity index (χ2n) is 5.83. The average molecular weight is 290 g/mol. The van der Waals surface area contributed by atoms with Gasteiger partial charge in [-0.05, 0) is 18.9 Å². The van der Waals surface area contributed by atoms with Gasteiger partial charge in [-0.1, -0.05) is 20.3 Å². The Hall–Kier alpha value is -0.170. The average Bonchev–Trinajstić information content (AvgIpc) is 2.63. The summed E-state index contributed by atoms with van der Waals surface area (Å²) in [6.45, 7) is 7.05. The third-order valence-electron chi connectivity index (χ3n) is 4.52. The Labute approximate surface area is 116 Å². The van der Waals surface area contributed by atoms with E-state index in [0.29, 0.717) is 12.0 Å². The number of sulfone groups is 1. The molecule has 2 fully saturated rings. The normalized spacial score (nSPS) is 39.5. The molecule has 19 heavy (non-hydrogen) atoms. The van der Waals surface area contributed by atoms with E-state index in [-0.39, 0.29) is 17.5 Å². The van der Waals surface area contributed by atoms with E-state index in [4.69, 9.17) is 0 Å². The number of piperidine rings is 1. The van der Waals surface area contributed by atoms with Gasteiger partial charge in [0.25, 0.3) is 0 Å². The molecule has 2 saturated heterocycles. The smallest absolute Gasteiger partial charge is 0.154 e. The van der Waals surface area contributed by atoms with E-state index in [2.05, 4.69) is 24.1 Å². The van der Waals surface area contributed by atoms with E-state index >= 15 is 0 Å². The van der Waals surface area contributed by atoms with Crippen LogP contribution in [0.3, 0.4) is 0 Å². The fraction of sp³-hybridized carbons (Fsp3) is 1.00. The van der Waals surface area contributed by atoms with Gasteiger partial charge in [-0.15, -0.1) is 0 Å². The Morgan fingerprint density at radius 3 is 2.58 bits per heavy atom. The molecule has 2 N–H and O–H groups in total. The van der Waals surface area contributed by atoms with Crippen molar-refractivity contribution >= 4 is 9.84 Å². The van der Waals surface area contributed by atoms with E-state index in [9.17, 15) is 13.5 Å². The zero-order chi connectivity index (χ0) is 14.0. The van der Waals surface area contributed by atoms with Crippen molar-refractivity contribution in [3.8, 4) is 0 Å². The molecule has 0 aromatic carbocycles. The molecular weight excluding hydrogens is 264 g/mol. The summed E-state index contributed by atoms with van der Waals surface area (Å²) < 4.78 is 23.2. The molecule has 0 aromatic rings. The van der Waals surface area contributed by atoms with E-state index in [1.54, 1.807) is 0 Å². The molecule has 2 aliphatic rings. The molecule has 0 saturated carbocycles. The van der Waals surface area contributed by atoms with Gasteiger partial charge in [0.2, 0.25) is 0 Å². The minimum Gasteiger partial charge on any atom is -0.390 e. The number of hydrogen-bond donors (Lipinski definition) is 2. The highest BCUT2D eigenvalue weighted by Crippen LogP contribution is 2.26. The number of aliphatic hydroxyl groups excluding tert-OH is 1. The molecule has 0 bridgehead atoms. The fourth-order valence-electron chi connectivity index (χ4n) is 3.47. The summed E-state index contributed by atoms with van der Waals surface area (Å²) in [5, 5.41) is 13.5. The number of rotatable bonds is 4. The van der Waals surface area contributed by atoms with Gasteiger partial charge in [-0.3, -0.25) is 4.90 Å². The Morgan fingerprint density at radius 1 is 1.32 bits per heavy atom. The molecule has 2 heterocycles. The number of likely N-dealkylation sites (tertiary alicyclic amines) is 1. The lowest BCUT2D eigenvalue weighted by Crippen LogP contribution is -2.54. The molecule has 0 radical (unpaired) electrons. The predicted molar refractivity (Wildman–Crippen MR) is 75.9 cm³/mol. The van der Waals surface area contributed by atoms with Crippen molar-refractivity contribution in [3.05, 3.63) is 0 Å². The lowest BCUT2D eigenvalue weighted by atomic mass is 9.88. The Morgan fingerprint density at radius 2 is 2.05 bits per heavy atom. The lowest BCUT2D eigenvalue weighted by Gasteiger charge is -2.41. The minimum absolute atomic E-state index is 0.0679. The standard InChI is InChI=1S/C13H26N2O3S/c1-3-10-7-15(6-5-11(10)14-4-2)12-8-19(17,18)9-13(12)16/h10-14,16H,3-9H2,1-2H3. The van der Waals surface area contributed by atoms with Crippen molar-refractivity contribution in [3.63, 3.8) is 0 Å². The van der Waals surface area contributed by atoms with Crippen LogP contribution in [0.1, 0.15) is 26.7 Å². The summed E-state index contributed by atoms with van der Waals surface area (Å²) in [5.41, 5.74) is 0. The second-order valence-corrected chi connectivity index (χ2v) is 7.98. The maximum Gasteiger partial charge on any atom is 0.154 e. The van der Waals surface area contributed by atoms with Gasteiger partial charge in [-0.2, -0.15) is 0 Å². The summed E-state index contributed by atoms with van der Waals surface area (Å²) in [6, 6.07) is 0.336. The number of nitrogens with one attached hydrogen (secondary N) is 1. The van der Waals surface area contributed by atoms with Crippen LogP contribution in [0, 0.1) is 5.92 Å². The number of aliphatic hydroxyl groups is 1. The van der Waals surface area contributed by atoms with Gasteiger partial charge in [0, 0.05) is 19.1 Å². The largest absolute Gasteiger partial charge is 0.390 e. The van der Waals surface area contributed by atoms with Gasteiger partial charge in [0.05, 0.1) is 23.7 Å². The molecule has 5 nitrogen and oxygen atoms in total. The highest BCUT2D eigenvalue weighted by molar-refractivity contribution is 7.91. The van der Waals surface area contributed by atoms with Crippen LogP contribution in [0.4, 0.5) is 0 Å². The van der Waals surface area contributed by atoms with Crippen LogP contribution in [-0.2, 0) is 9.84 Å². The van der Waals surface area contributed by atoms with Crippen LogP contribution in [0.2, 0.25) is 0 Å². The van der Waals surface area contributed by atoms with Gasteiger partial charge < -0.3 is 10.4 Å². The third-order valence-corrected chi connectivity index (χ3v) is 6.22. The quantitative estimate of drug-likeness (QED) is 0.754. The first-order valence-corrected chi connectivity index (χ1v) is 9.15. The Bertz CT molecular complexity index is 399. The summed E-state index contributed by atoms with van der Waals surface area (Å²) in [4.78, 5) is 2.19. The van der Waals surface area contributed by atoms with Gasteiger partial charge in [-0.25, -0.2) is 8.42 Å². The highest BCUT2D eigenvalue weighted by atomic mass is 32.2. The van der Waals surface area contributed by atoms with Crippen LogP contribution in [0.5, 0.6) is 0 Å². The molecule has 6 heteroatoms. The number of hydrogen-bond acceptors (Lipinski definition) is 5. The van der Waals surface area contributed by atoms with Crippen LogP contribution >= 0.6 is 0 Å².